The number of hydrogen-bond acceptors (Lipinski definition) is 2. The van der Waals surface area contributed by atoms with E-state index >= 15 is 0 Å². The van der Waals surface area contributed by atoms with E-state index in [0.29, 0.717) is 6.04 Å². The lowest BCUT2D eigenvalue weighted by Gasteiger charge is -2.38. The van der Waals surface area contributed by atoms with Crippen LogP contribution in [0.3, 0.4) is 0 Å². The van der Waals surface area contributed by atoms with Gasteiger partial charge in [-0.25, -0.2) is 0 Å². The van der Waals surface area contributed by atoms with Crippen molar-refractivity contribution in [1.29, 1.82) is 5.26 Å². The summed E-state index contributed by atoms with van der Waals surface area (Å²) in [5.41, 5.74) is 2.46. The number of nitriles is 1. The Morgan fingerprint density at radius 1 is 1.12 bits per heavy atom. The number of rotatable bonds is 3. The highest BCUT2D eigenvalue weighted by Gasteiger charge is 2.25. The molecule has 0 spiro atoms. The molecule has 0 aromatic carbocycles. The molecule has 0 aromatic heterocycles. The molecule has 2 nitrogen and oxygen atoms in total. The van der Waals surface area contributed by atoms with Crippen molar-refractivity contribution in [3.63, 3.8) is 0 Å². The number of allylic oxidation sites excluding steroid dienone is 2. The van der Waals surface area contributed by atoms with Crippen LogP contribution in [-0.4, -0.2) is 17.5 Å². The van der Waals surface area contributed by atoms with E-state index < -0.39 is 0 Å². The molecule has 2 aliphatic rings. The van der Waals surface area contributed by atoms with Crippen LogP contribution in [0, 0.1) is 11.3 Å². The Bertz CT molecular complexity index is 318. The van der Waals surface area contributed by atoms with Crippen LogP contribution in [0.15, 0.2) is 11.3 Å². The lowest BCUT2D eigenvalue weighted by Crippen LogP contribution is -2.37. The van der Waals surface area contributed by atoms with Gasteiger partial charge in [0.2, 0.25) is 0 Å². The van der Waals surface area contributed by atoms with Crippen molar-refractivity contribution in [1.82, 2.24) is 4.90 Å². The highest BCUT2D eigenvalue weighted by molar-refractivity contribution is 5.29. The smallest absolute Gasteiger partial charge is 0.0965 e. The molecule has 0 aromatic rings. The average Bonchev–Trinajstić information content (AvgIpc) is 2.41. The largest absolute Gasteiger partial charge is 0.371 e. The molecule has 0 atom stereocenters. The number of hydrogen-bond donors (Lipinski definition) is 0. The minimum absolute atomic E-state index is 0.713. The second kappa shape index (κ2) is 6.10. The lowest BCUT2D eigenvalue weighted by molar-refractivity contribution is 0.197. The summed E-state index contributed by atoms with van der Waals surface area (Å²) in [4.78, 5) is 2.55. The van der Waals surface area contributed by atoms with Gasteiger partial charge in [-0.15, -0.1) is 0 Å². The van der Waals surface area contributed by atoms with Gasteiger partial charge in [0, 0.05) is 23.9 Å². The van der Waals surface area contributed by atoms with Gasteiger partial charge in [0.05, 0.1) is 6.07 Å². The van der Waals surface area contributed by atoms with E-state index in [1.165, 1.54) is 50.6 Å². The van der Waals surface area contributed by atoms with Gasteiger partial charge >= 0.3 is 0 Å². The fraction of sp³-hybridized carbons (Fsp3) is 0.800. The summed E-state index contributed by atoms with van der Waals surface area (Å²) < 4.78 is 0. The van der Waals surface area contributed by atoms with Crippen LogP contribution in [0.5, 0.6) is 0 Å². The van der Waals surface area contributed by atoms with E-state index in [4.69, 9.17) is 0 Å². The van der Waals surface area contributed by atoms with Crippen molar-refractivity contribution in [2.24, 2.45) is 0 Å². The molecule has 2 heteroatoms. The van der Waals surface area contributed by atoms with Crippen molar-refractivity contribution in [2.45, 2.75) is 70.8 Å². The van der Waals surface area contributed by atoms with Crippen LogP contribution < -0.4 is 0 Å². The maximum absolute atomic E-state index is 9.27. The first-order valence-electron chi connectivity index (χ1n) is 7.25. The summed E-state index contributed by atoms with van der Waals surface area (Å²) in [6.45, 7) is 3.32. The maximum Gasteiger partial charge on any atom is 0.0965 e. The highest BCUT2D eigenvalue weighted by atomic mass is 15.2. The summed E-state index contributed by atoms with van der Waals surface area (Å²) in [6, 6.07) is 3.16. The Morgan fingerprint density at radius 2 is 1.82 bits per heavy atom. The van der Waals surface area contributed by atoms with E-state index in [1.807, 2.05) is 0 Å². The summed E-state index contributed by atoms with van der Waals surface area (Å²) in [6.07, 6.45) is 11.4. The molecular weight excluding hydrogens is 208 g/mol. The van der Waals surface area contributed by atoms with Crippen LogP contribution >= 0.6 is 0 Å². The first-order chi connectivity index (χ1) is 8.36. The SMILES string of the molecule is CCN(C1=C(C#N)CCCC1)C1CCCCC1. The van der Waals surface area contributed by atoms with Gasteiger partial charge in [0.15, 0.2) is 0 Å². The standard InChI is InChI=1S/C15H24N2/c1-2-17(14-9-4-3-5-10-14)15-11-7-6-8-13(15)12-16/h14H,2-11H2,1H3. The van der Waals surface area contributed by atoms with Gasteiger partial charge in [0.1, 0.15) is 0 Å². The predicted octanol–water partition coefficient (Wildman–Crippen LogP) is 3.99. The van der Waals surface area contributed by atoms with E-state index in [0.717, 1.165) is 25.0 Å². The summed E-state index contributed by atoms with van der Waals surface area (Å²) in [5, 5.41) is 9.27. The molecule has 1 fully saturated rings. The Balaban J connectivity index is 2.15. The van der Waals surface area contributed by atoms with E-state index in [2.05, 4.69) is 17.9 Å². The predicted molar refractivity (Wildman–Crippen MR) is 70.4 cm³/mol. The summed E-state index contributed by atoms with van der Waals surface area (Å²) in [7, 11) is 0. The zero-order valence-corrected chi connectivity index (χ0v) is 11.0. The Kier molecular flexibility index (Phi) is 4.48. The van der Waals surface area contributed by atoms with Crippen molar-refractivity contribution in [3.05, 3.63) is 11.3 Å². The van der Waals surface area contributed by atoms with E-state index in [1.54, 1.807) is 0 Å². The Hall–Kier alpha value is -0.970. The molecular formula is C15H24N2. The fourth-order valence-corrected chi connectivity index (χ4v) is 3.39. The zero-order valence-electron chi connectivity index (χ0n) is 11.0. The molecule has 0 heterocycles. The third-order valence-corrected chi connectivity index (χ3v) is 4.28. The Labute approximate surface area is 105 Å². The lowest BCUT2D eigenvalue weighted by atomic mass is 9.90. The van der Waals surface area contributed by atoms with Crippen LogP contribution in [0.4, 0.5) is 0 Å². The van der Waals surface area contributed by atoms with Crippen LogP contribution in [0.1, 0.15) is 64.7 Å². The quantitative estimate of drug-likeness (QED) is 0.735. The van der Waals surface area contributed by atoms with E-state index in [-0.39, 0.29) is 0 Å². The molecule has 0 radical (unpaired) electrons. The van der Waals surface area contributed by atoms with Crippen molar-refractivity contribution in [3.8, 4) is 6.07 Å². The molecule has 0 bridgehead atoms. The first-order valence-corrected chi connectivity index (χ1v) is 7.25. The molecule has 0 N–H and O–H groups in total. The normalized spacial score (nSPS) is 22.4. The fourth-order valence-electron chi connectivity index (χ4n) is 3.39. The molecule has 0 aliphatic heterocycles. The highest BCUT2D eigenvalue weighted by Crippen LogP contribution is 2.32. The molecule has 94 valence electrons. The minimum Gasteiger partial charge on any atom is -0.371 e. The van der Waals surface area contributed by atoms with Gasteiger partial charge in [-0.1, -0.05) is 19.3 Å². The third kappa shape index (κ3) is 2.83. The summed E-state index contributed by atoms with van der Waals surface area (Å²) in [5.74, 6) is 0. The summed E-state index contributed by atoms with van der Waals surface area (Å²) >= 11 is 0. The van der Waals surface area contributed by atoms with Crippen LogP contribution in [-0.2, 0) is 0 Å². The topological polar surface area (TPSA) is 27.0 Å². The molecule has 17 heavy (non-hydrogen) atoms. The molecule has 0 unspecified atom stereocenters. The minimum atomic E-state index is 0.713. The second-order valence-corrected chi connectivity index (χ2v) is 5.32. The van der Waals surface area contributed by atoms with Gasteiger partial charge in [-0.3, -0.25) is 0 Å². The molecule has 2 rings (SSSR count). The monoisotopic (exact) mass is 232 g/mol. The van der Waals surface area contributed by atoms with Crippen molar-refractivity contribution in [2.75, 3.05) is 6.54 Å². The second-order valence-electron chi connectivity index (χ2n) is 5.32. The maximum atomic E-state index is 9.27. The van der Waals surface area contributed by atoms with E-state index in [9.17, 15) is 5.26 Å². The first kappa shape index (κ1) is 12.5. The van der Waals surface area contributed by atoms with Gasteiger partial charge in [0.25, 0.3) is 0 Å². The molecule has 2 aliphatic carbocycles. The van der Waals surface area contributed by atoms with Crippen molar-refractivity contribution >= 4 is 0 Å². The van der Waals surface area contributed by atoms with Crippen molar-refractivity contribution < 1.29 is 0 Å². The average molecular weight is 232 g/mol. The van der Waals surface area contributed by atoms with Gasteiger partial charge in [-0.05, 0) is 45.4 Å². The third-order valence-electron chi connectivity index (χ3n) is 4.28. The molecule has 0 saturated heterocycles. The van der Waals surface area contributed by atoms with Gasteiger partial charge < -0.3 is 4.90 Å². The zero-order chi connectivity index (χ0) is 12.1. The Morgan fingerprint density at radius 3 is 2.47 bits per heavy atom. The number of nitrogens with zero attached hydrogens (tertiary/aromatic N) is 2. The van der Waals surface area contributed by atoms with Crippen LogP contribution in [0.25, 0.3) is 0 Å². The molecule has 1 saturated carbocycles. The van der Waals surface area contributed by atoms with Crippen LogP contribution in [0.2, 0.25) is 0 Å². The van der Waals surface area contributed by atoms with Gasteiger partial charge in [-0.2, -0.15) is 5.26 Å². The molecule has 0 amide bonds.